The molecule has 0 aromatic rings. The molecule has 0 fully saturated rings. The number of hydrogen-bond acceptors (Lipinski definition) is 4. The van der Waals surface area contributed by atoms with Gasteiger partial charge in [-0.25, -0.2) is 0 Å². The van der Waals surface area contributed by atoms with Crippen LogP contribution >= 0.6 is 0 Å². The molecule has 17 heavy (non-hydrogen) atoms. The lowest BCUT2D eigenvalue weighted by Gasteiger charge is -2.29. The number of allylic oxidation sites excluding steroid dienone is 2. The molecule has 1 unspecified atom stereocenters. The Morgan fingerprint density at radius 1 is 1.47 bits per heavy atom. The Hall–Kier alpha value is -1.16. The molecule has 0 aromatic carbocycles. The van der Waals surface area contributed by atoms with Gasteiger partial charge >= 0.3 is 0 Å². The second-order valence-electron chi connectivity index (χ2n) is 5.51. The van der Waals surface area contributed by atoms with Gasteiger partial charge in [0, 0.05) is 18.6 Å². The number of aliphatic imine (C=N–C) groups is 1. The fourth-order valence-electron chi connectivity index (χ4n) is 2.13. The van der Waals surface area contributed by atoms with E-state index in [-0.39, 0.29) is 29.6 Å². The van der Waals surface area contributed by atoms with Crippen LogP contribution in [0.2, 0.25) is 0 Å². The van der Waals surface area contributed by atoms with E-state index in [1.807, 2.05) is 13.8 Å². The molecular formula is C13H21NO3. The first-order valence-corrected chi connectivity index (χ1v) is 5.88. The van der Waals surface area contributed by atoms with Crippen molar-refractivity contribution in [3.63, 3.8) is 0 Å². The minimum absolute atomic E-state index is 0.0644. The Balaban J connectivity index is 3.05. The van der Waals surface area contributed by atoms with Gasteiger partial charge in [-0.05, 0) is 19.3 Å². The standard InChI is InChI=1S/C13H21NO3/c1-8(7-15)14-9(2)12-10(16)5-13(3,4)6-11(12)17/h8,15-16H,5-7H2,1-4H3. The molecule has 0 saturated heterocycles. The Morgan fingerprint density at radius 2 is 2.06 bits per heavy atom. The minimum Gasteiger partial charge on any atom is -0.511 e. The molecule has 0 aliphatic heterocycles. The van der Waals surface area contributed by atoms with Gasteiger partial charge in [-0.3, -0.25) is 9.79 Å². The molecule has 0 radical (unpaired) electrons. The normalized spacial score (nSPS) is 22.9. The van der Waals surface area contributed by atoms with Gasteiger partial charge in [0.2, 0.25) is 0 Å². The van der Waals surface area contributed by atoms with Crippen LogP contribution in [0.3, 0.4) is 0 Å². The van der Waals surface area contributed by atoms with Crippen molar-refractivity contribution in [2.24, 2.45) is 10.4 Å². The molecule has 4 nitrogen and oxygen atoms in total. The summed E-state index contributed by atoms with van der Waals surface area (Å²) < 4.78 is 0. The maximum absolute atomic E-state index is 12.0. The third-order valence-electron chi connectivity index (χ3n) is 2.89. The molecule has 2 N–H and O–H groups in total. The van der Waals surface area contributed by atoms with Crippen molar-refractivity contribution in [3.8, 4) is 0 Å². The number of nitrogens with zero attached hydrogens (tertiary/aromatic N) is 1. The third kappa shape index (κ3) is 3.40. The first kappa shape index (κ1) is 13.9. The molecule has 96 valence electrons. The summed E-state index contributed by atoms with van der Waals surface area (Å²) in [6.07, 6.45) is 0.918. The van der Waals surface area contributed by atoms with E-state index in [0.29, 0.717) is 24.1 Å². The highest BCUT2D eigenvalue weighted by molar-refractivity contribution is 6.22. The van der Waals surface area contributed by atoms with Crippen LogP contribution in [0.5, 0.6) is 0 Å². The Labute approximate surface area is 102 Å². The van der Waals surface area contributed by atoms with Crippen molar-refractivity contribution in [3.05, 3.63) is 11.3 Å². The zero-order chi connectivity index (χ0) is 13.2. The number of rotatable bonds is 3. The SMILES string of the molecule is CC(=NC(C)CO)C1=C(O)CC(C)(C)CC1=O. The van der Waals surface area contributed by atoms with Crippen molar-refractivity contribution < 1.29 is 15.0 Å². The Kier molecular flexibility index (Phi) is 4.09. The number of Topliss-reactive ketones (excluding diaryl/α,β-unsaturated/α-hetero) is 1. The highest BCUT2D eigenvalue weighted by atomic mass is 16.3. The van der Waals surface area contributed by atoms with Gasteiger partial charge in [0.15, 0.2) is 5.78 Å². The average molecular weight is 239 g/mol. The second kappa shape index (κ2) is 5.00. The van der Waals surface area contributed by atoms with Gasteiger partial charge in [-0.15, -0.1) is 0 Å². The van der Waals surface area contributed by atoms with E-state index in [1.54, 1.807) is 13.8 Å². The van der Waals surface area contributed by atoms with Gasteiger partial charge in [-0.2, -0.15) is 0 Å². The molecular weight excluding hydrogens is 218 g/mol. The summed E-state index contributed by atoms with van der Waals surface area (Å²) in [5.74, 6) is 0.0581. The van der Waals surface area contributed by atoms with Crippen LogP contribution in [0, 0.1) is 5.41 Å². The lowest BCUT2D eigenvalue weighted by Crippen LogP contribution is -2.29. The quantitative estimate of drug-likeness (QED) is 0.740. The molecule has 1 atom stereocenters. The zero-order valence-electron chi connectivity index (χ0n) is 10.9. The van der Waals surface area contributed by atoms with Crippen LogP contribution in [0.1, 0.15) is 40.5 Å². The smallest absolute Gasteiger partial charge is 0.168 e. The number of hydrogen-bond donors (Lipinski definition) is 2. The van der Waals surface area contributed by atoms with Crippen LogP contribution < -0.4 is 0 Å². The van der Waals surface area contributed by atoms with Crippen molar-refractivity contribution in [2.45, 2.75) is 46.6 Å². The molecule has 0 saturated carbocycles. The fraction of sp³-hybridized carbons (Fsp3) is 0.692. The number of aliphatic hydroxyl groups excluding tert-OH is 2. The van der Waals surface area contributed by atoms with Gasteiger partial charge < -0.3 is 10.2 Å². The summed E-state index contributed by atoms with van der Waals surface area (Å²) in [7, 11) is 0. The van der Waals surface area contributed by atoms with Crippen molar-refractivity contribution in [1.82, 2.24) is 0 Å². The minimum atomic E-state index is -0.252. The van der Waals surface area contributed by atoms with Gasteiger partial charge in [0.05, 0.1) is 18.2 Å². The molecule has 4 heteroatoms. The third-order valence-corrected chi connectivity index (χ3v) is 2.89. The highest BCUT2D eigenvalue weighted by Gasteiger charge is 2.34. The maximum Gasteiger partial charge on any atom is 0.168 e. The summed E-state index contributed by atoms with van der Waals surface area (Å²) in [4.78, 5) is 16.2. The number of carbonyl (C=O) groups is 1. The molecule has 0 amide bonds. The largest absolute Gasteiger partial charge is 0.511 e. The van der Waals surface area contributed by atoms with Crippen molar-refractivity contribution >= 4 is 11.5 Å². The van der Waals surface area contributed by atoms with E-state index in [2.05, 4.69) is 4.99 Å². The summed E-state index contributed by atoms with van der Waals surface area (Å²) >= 11 is 0. The second-order valence-corrected chi connectivity index (χ2v) is 5.51. The van der Waals surface area contributed by atoms with Crippen LogP contribution in [0.25, 0.3) is 0 Å². The molecule has 1 aliphatic rings. The monoisotopic (exact) mass is 239 g/mol. The number of ketones is 1. The summed E-state index contributed by atoms with van der Waals surface area (Å²) in [6, 6.07) is -0.252. The van der Waals surface area contributed by atoms with Crippen molar-refractivity contribution in [1.29, 1.82) is 0 Å². The molecule has 0 bridgehead atoms. The summed E-state index contributed by atoms with van der Waals surface area (Å²) in [6.45, 7) is 7.32. The Morgan fingerprint density at radius 3 is 2.53 bits per heavy atom. The molecule has 1 rings (SSSR count). The van der Waals surface area contributed by atoms with Crippen molar-refractivity contribution in [2.75, 3.05) is 6.61 Å². The van der Waals surface area contributed by atoms with E-state index in [9.17, 15) is 9.90 Å². The van der Waals surface area contributed by atoms with E-state index in [4.69, 9.17) is 5.11 Å². The topological polar surface area (TPSA) is 69.9 Å². The lowest BCUT2D eigenvalue weighted by atomic mass is 9.76. The number of aliphatic hydroxyl groups is 2. The first-order chi connectivity index (χ1) is 7.76. The summed E-state index contributed by atoms with van der Waals surface area (Å²) in [5.41, 5.74) is 0.669. The van der Waals surface area contributed by atoms with Crippen LogP contribution in [-0.4, -0.2) is 34.4 Å². The van der Waals surface area contributed by atoms with Gasteiger partial charge in [0.1, 0.15) is 5.76 Å². The van der Waals surface area contributed by atoms with E-state index < -0.39 is 0 Å². The Bertz CT molecular complexity index is 380. The average Bonchev–Trinajstić information content (AvgIpc) is 2.13. The molecule has 0 spiro atoms. The zero-order valence-corrected chi connectivity index (χ0v) is 10.9. The van der Waals surface area contributed by atoms with Crippen LogP contribution in [-0.2, 0) is 4.79 Å². The highest BCUT2D eigenvalue weighted by Crippen LogP contribution is 2.36. The van der Waals surface area contributed by atoms with E-state index in [0.717, 1.165) is 0 Å². The predicted molar refractivity (Wildman–Crippen MR) is 67.3 cm³/mol. The van der Waals surface area contributed by atoms with Gasteiger partial charge in [-0.1, -0.05) is 13.8 Å². The summed E-state index contributed by atoms with van der Waals surface area (Å²) in [5, 5.41) is 18.9. The first-order valence-electron chi connectivity index (χ1n) is 5.88. The van der Waals surface area contributed by atoms with Crippen LogP contribution in [0.4, 0.5) is 0 Å². The fourth-order valence-corrected chi connectivity index (χ4v) is 2.13. The van der Waals surface area contributed by atoms with E-state index in [1.165, 1.54) is 0 Å². The predicted octanol–water partition coefficient (Wildman–Crippen LogP) is 2.03. The molecule has 0 aromatic heterocycles. The lowest BCUT2D eigenvalue weighted by molar-refractivity contribution is -0.117. The van der Waals surface area contributed by atoms with E-state index >= 15 is 0 Å². The van der Waals surface area contributed by atoms with Crippen LogP contribution in [0.15, 0.2) is 16.3 Å². The molecule has 0 heterocycles. The van der Waals surface area contributed by atoms with Gasteiger partial charge in [0.25, 0.3) is 0 Å². The maximum atomic E-state index is 12.0. The molecule has 1 aliphatic carbocycles. The number of carbonyl (C=O) groups excluding carboxylic acids is 1.